The minimum atomic E-state index is -1.19. The van der Waals surface area contributed by atoms with E-state index in [1.807, 2.05) is 13.8 Å². The molecule has 3 saturated heterocycles. The van der Waals surface area contributed by atoms with Gasteiger partial charge in [-0.2, -0.15) is 0 Å². The number of hydrogen-bond acceptors (Lipinski definition) is 7. The van der Waals surface area contributed by atoms with Crippen LogP contribution in [-0.2, 0) is 19.1 Å². The number of hydrogen-bond donors (Lipinski definition) is 3. The number of carbonyl (C=O) groups is 3. The zero-order chi connectivity index (χ0) is 27.9. The summed E-state index contributed by atoms with van der Waals surface area (Å²) in [6, 6.07) is 12.3. The van der Waals surface area contributed by atoms with Gasteiger partial charge in [0.2, 0.25) is 17.7 Å². The number of carbonyl (C=O) groups excluding carboxylic acids is 3. The standard InChI is InChI=1S/C29H35N3O7/c1-5-38-21-12-8-18(9-13-21)30-25(34)22-23-27(36)32(17(2)16-33)24(29(23)15-14-28(22,3)39-29)26(35)31-19-6-10-20(37-4)11-7-19/h6-13,17,22-24,33H,5,14-16H2,1-4H3,(H,30,34)(H,31,35)/t17-,22-,23+,24?,28+,29?/m1/s1. The molecule has 2 unspecified atom stereocenters. The smallest absolute Gasteiger partial charge is 0.250 e. The zero-order valence-electron chi connectivity index (χ0n) is 22.6. The number of methoxy groups -OCH3 is 1. The third-order valence-electron chi connectivity index (χ3n) is 8.27. The number of amides is 3. The Bertz CT molecular complexity index is 1250. The van der Waals surface area contributed by atoms with Gasteiger partial charge in [-0.05, 0) is 82.1 Å². The first-order chi connectivity index (χ1) is 18.7. The second-order valence-corrected chi connectivity index (χ2v) is 10.7. The summed E-state index contributed by atoms with van der Waals surface area (Å²) >= 11 is 0. The normalized spacial score (nSPS) is 29.6. The van der Waals surface area contributed by atoms with Gasteiger partial charge >= 0.3 is 0 Å². The number of aliphatic hydroxyl groups is 1. The van der Waals surface area contributed by atoms with E-state index in [1.54, 1.807) is 62.6 Å². The summed E-state index contributed by atoms with van der Waals surface area (Å²) in [6.45, 7) is 5.62. The van der Waals surface area contributed by atoms with Crippen molar-refractivity contribution in [1.82, 2.24) is 4.90 Å². The third kappa shape index (κ3) is 4.41. The first-order valence-corrected chi connectivity index (χ1v) is 13.3. The fourth-order valence-electron chi connectivity index (χ4n) is 6.53. The quantitative estimate of drug-likeness (QED) is 0.449. The maximum Gasteiger partial charge on any atom is 0.250 e. The Kier molecular flexibility index (Phi) is 7.02. The van der Waals surface area contributed by atoms with Crippen molar-refractivity contribution in [1.29, 1.82) is 0 Å². The summed E-state index contributed by atoms with van der Waals surface area (Å²) in [7, 11) is 1.56. The number of likely N-dealkylation sites (tertiary alicyclic amines) is 1. The summed E-state index contributed by atoms with van der Waals surface area (Å²) in [5, 5.41) is 15.8. The van der Waals surface area contributed by atoms with E-state index in [9.17, 15) is 19.5 Å². The fraction of sp³-hybridized carbons (Fsp3) is 0.483. The molecule has 1 spiro atoms. The van der Waals surface area contributed by atoms with Crippen molar-refractivity contribution >= 4 is 29.1 Å². The van der Waals surface area contributed by atoms with Gasteiger partial charge < -0.3 is 34.9 Å². The Morgan fingerprint density at radius 3 is 2.21 bits per heavy atom. The molecule has 3 heterocycles. The molecule has 10 heteroatoms. The second kappa shape index (κ2) is 10.2. The molecule has 3 aliphatic heterocycles. The third-order valence-corrected chi connectivity index (χ3v) is 8.27. The molecule has 39 heavy (non-hydrogen) atoms. The van der Waals surface area contributed by atoms with Crippen molar-refractivity contribution in [3.63, 3.8) is 0 Å². The molecule has 3 N–H and O–H groups in total. The van der Waals surface area contributed by atoms with E-state index in [2.05, 4.69) is 10.6 Å². The molecule has 208 valence electrons. The summed E-state index contributed by atoms with van der Waals surface area (Å²) in [4.78, 5) is 42.9. The molecule has 3 fully saturated rings. The lowest BCUT2D eigenvalue weighted by atomic mass is 9.66. The number of aliphatic hydroxyl groups excluding tert-OH is 1. The molecule has 2 bridgehead atoms. The monoisotopic (exact) mass is 537 g/mol. The molecule has 3 aliphatic rings. The van der Waals surface area contributed by atoms with Crippen LogP contribution in [0.5, 0.6) is 11.5 Å². The lowest BCUT2D eigenvalue weighted by Gasteiger charge is -2.35. The largest absolute Gasteiger partial charge is 0.497 e. The molecular weight excluding hydrogens is 502 g/mol. The van der Waals surface area contributed by atoms with Gasteiger partial charge in [0.1, 0.15) is 23.1 Å². The number of rotatable bonds is 9. The van der Waals surface area contributed by atoms with Gasteiger partial charge in [-0.1, -0.05) is 0 Å². The van der Waals surface area contributed by atoms with Crippen LogP contribution in [0, 0.1) is 11.8 Å². The number of fused-ring (bicyclic) bond motifs is 1. The molecule has 0 aliphatic carbocycles. The minimum Gasteiger partial charge on any atom is -0.497 e. The summed E-state index contributed by atoms with van der Waals surface area (Å²) in [5.41, 5.74) is -0.993. The van der Waals surface area contributed by atoms with Gasteiger partial charge in [-0.15, -0.1) is 0 Å². The van der Waals surface area contributed by atoms with Crippen LogP contribution in [0.1, 0.15) is 33.6 Å². The van der Waals surface area contributed by atoms with Gasteiger partial charge in [0.25, 0.3) is 0 Å². The van der Waals surface area contributed by atoms with Crippen LogP contribution in [0.2, 0.25) is 0 Å². The maximum absolute atomic E-state index is 14.0. The highest BCUT2D eigenvalue weighted by atomic mass is 16.5. The number of nitrogens with one attached hydrogen (secondary N) is 2. The SMILES string of the molecule is CCOc1ccc(NC(=O)[C@H]2[C@H]3C(=O)N([C@H](C)CO)C(C(=O)Nc4ccc(OC)cc4)C34CC[C@]2(C)O4)cc1. The number of nitrogens with zero attached hydrogens (tertiary/aromatic N) is 1. The molecule has 5 rings (SSSR count). The Morgan fingerprint density at radius 2 is 1.64 bits per heavy atom. The molecule has 10 nitrogen and oxygen atoms in total. The van der Waals surface area contributed by atoms with Crippen LogP contribution < -0.4 is 20.1 Å². The summed E-state index contributed by atoms with van der Waals surface area (Å²) in [5.74, 6) is -1.46. The predicted molar refractivity (Wildman–Crippen MR) is 143 cm³/mol. The van der Waals surface area contributed by atoms with Gasteiger partial charge in [0.15, 0.2) is 0 Å². The van der Waals surface area contributed by atoms with E-state index in [-0.39, 0.29) is 18.4 Å². The Morgan fingerprint density at radius 1 is 1.05 bits per heavy atom. The van der Waals surface area contributed by atoms with E-state index < -0.39 is 41.0 Å². The number of benzene rings is 2. The van der Waals surface area contributed by atoms with Crippen molar-refractivity contribution in [2.24, 2.45) is 11.8 Å². The number of ether oxygens (including phenoxy) is 3. The second-order valence-electron chi connectivity index (χ2n) is 10.7. The van der Waals surface area contributed by atoms with E-state index in [0.717, 1.165) is 0 Å². The topological polar surface area (TPSA) is 126 Å². The summed E-state index contributed by atoms with van der Waals surface area (Å²) in [6.07, 6.45) is 0.966. The van der Waals surface area contributed by atoms with Crippen LogP contribution in [-0.4, -0.2) is 71.3 Å². The highest BCUT2D eigenvalue weighted by Gasteiger charge is 2.78. The van der Waals surface area contributed by atoms with Crippen LogP contribution in [0.15, 0.2) is 48.5 Å². The van der Waals surface area contributed by atoms with Gasteiger partial charge in [0.05, 0.1) is 43.8 Å². The lowest BCUT2D eigenvalue weighted by molar-refractivity contribution is -0.146. The highest BCUT2D eigenvalue weighted by Crippen LogP contribution is 2.63. The van der Waals surface area contributed by atoms with Crippen molar-refractivity contribution in [3.05, 3.63) is 48.5 Å². The molecule has 0 aromatic heterocycles. The molecule has 0 radical (unpaired) electrons. The molecule has 3 amide bonds. The van der Waals surface area contributed by atoms with Crippen molar-refractivity contribution in [2.45, 2.75) is 56.9 Å². The molecule has 2 aromatic rings. The van der Waals surface area contributed by atoms with E-state index >= 15 is 0 Å². The Balaban J connectivity index is 1.45. The average Bonchev–Trinajstić information content (AvgIpc) is 3.50. The summed E-state index contributed by atoms with van der Waals surface area (Å²) < 4.78 is 17.3. The van der Waals surface area contributed by atoms with Crippen LogP contribution in [0.25, 0.3) is 0 Å². The molecule has 2 aromatic carbocycles. The zero-order valence-corrected chi connectivity index (χ0v) is 22.6. The van der Waals surface area contributed by atoms with Gasteiger partial charge in [-0.25, -0.2) is 0 Å². The van der Waals surface area contributed by atoms with Gasteiger partial charge in [0, 0.05) is 11.4 Å². The fourth-order valence-corrected chi connectivity index (χ4v) is 6.53. The van der Waals surface area contributed by atoms with Crippen molar-refractivity contribution < 1.29 is 33.7 Å². The first kappa shape index (κ1) is 27.0. The van der Waals surface area contributed by atoms with Gasteiger partial charge in [-0.3, -0.25) is 14.4 Å². The Hall–Kier alpha value is -3.63. The first-order valence-electron chi connectivity index (χ1n) is 13.3. The van der Waals surface area contributed by atoms with E-state index in [4.69, 9.17) is 14.2 Å². The molecular formula is C29H35N3O7. The number of anilines is 2. The highest BCUT2D eigenvalue weighted by molar-refractivity contribution is 6.05. The van der Waals surface area contributed by atoms with E-state index in [1.165, 1.54) is 4.90 Å². The van der Waals surface area contributed by atoms with E-state index in [0.29, 0.717) is 42.3 Å². The Labute approximate surface area is 227 Å². The lowest BCUT2D eigenvalue weighted by Crippen LogP contribution is -2.55. The van der Waals surface area contributed by atoms with Crippen molar-refractivity contribution in [2.75, 3.05) is 31.0 Å². The van der Waals surface area contributed by atoms with Crippen molar-refractivity contribution in [3.8, 4) is 11.5 Å². The minimum absolute atomic E-state index is 0.332. The van der Waals surface area contributed by atoms with Crippen LogP contribution in [0.4, 0.5) is 11.4 Å². The molecule has 6 atom stereocenters. The average molecular weight is 538 g/mol. The molecule has 0 saturated carbocycles. The van der Waals surface area contributed by atoms with Crippen LogP contribution >= 0.6 is 0 Å². The van der Waals surface area contributed by atoms with Crippen LogP contribution in [0.3, 0.4) is 0 Å². The predicted octanol–water partition coefficient (Wildman–Crippen LogP) is 2.82. The maximum atomic E-state index is 14.0.